The molecule has 2 heterocycles. The fraction of sp³-hybridized carbons (Fsp3) is 0.600. The maximum atomic E-state index is 12.9. The SMILES string of the molecule is CC(C)CN1CCO[C@H](COC(=O)c2ccnc(F)c2)C1. The lowest BCUT2D eigenvalue weighted by molar-refractivity contribution is -0.0612. The number of aromatic nitrogens is 1. The molecule has 1 aliphatic rings. The minimum atomic E-state index is -0.693. The van der Waals surface area contributed by atoms with Crippen LogP contribution in [0.1, 0.15) is 24.2 Å². The van der Waals surface area contributed by atoms with Crippen molar-refractivity contribution in [2.24, 2.45) is 5.92 Å². The van der Waals surface area contributed by atoms with Gasteiger partial charge in [-0.2, -0.15) is 4.39 Å². The van der Waals surface area contributed by atoms with Crippen LogP contribution in [0.5, 0.6) is 0 Å². The van der Waals surface area contributed by atoms with Gasteiger partial charge in [-0.1, -0.05) is 13.8 Å². The fourth-order valence-electron chi connectivity index (χ4n) is 2.34. The van der Waals surface area contributed by atoms with E-state index in [0.717, 1.165) is 25.7 Å². The lowest BCUT2D eigenvalue weighted by Gasteiger charge is -2.33. The summed E-state index contributed by atoms with van der Waals surface area (Å²) >= 11 is 0. The van der Waals surface area contributed by atoms with Crippen molar-refractivity contribution in [3.05, 3.63) is 29.8 Å². The molecule has 0 aliphatic carbocycles. The second kappa shape index (κ2) is 7.47. The van der Waals surface area contributed by atoms with Gasteiger partial charge in [0.2, 0.25) is 5.95 Å². The Morgan fingerprint density at radius 1 is 1.62 bits per heavy atom. The number of hydrogen-bond acceptors (Lipinski definition) is 5. The summed E-state index contributed by atoms with van der Waals surface area (Å²) in [6.07, 6.45) is 1.11. The summed E-state index contributed by atoms with van der Waals surface area (Å²) in [7, 11) is 0. The number of rotatable bonds is 5. The van der Waals surface area contributed by atoms with Gasteiger partial charge in [0.25, 0.3) is 0 Å². The number of carbonyl (C=O) groups is 1. The van der Waals surface area contributed by atoms with Crippen molar-refractivity contribution in [1.29, 1.82) is 0 Å². The first-order chi connectivity index (χ1) is 10.0. The zero-order chi connectivity index (χ0) is 15.2. The zero-order valence-corrected chi connectivity index (χ0v) is 12.4. The van der Waals surface area contributed by atoms with Gasteiger partial charge in [0.05, 0.1) is 12.2 Å². The largest absolute Gasteiger partial charge is 0.459 e. The van der Waals surface area contributed by atoms with Crippen molar-refractivity contribution >= 4 is 5.97 Å². The van der Waals surface area contributed by atoms with Crippen LogP contribution in [0, 0.1) is 11.9 Å². The second-order valence-corrected chi connectivity index (χ2v) is 5.61. The molecule has 1 aromatic heterocycles. The highest BCUT2D eigenvalue weighted by Gasteiger charge is 2.22. The number of hydrogen-bond donors (Lipinski definition) is 0. The summed E-state index contributed by atoms with van der Waals surface area (Å²) in [6.45, 7) is 7.80. The number of halogens is 1. The highest BCUT2D eigenvalue weighted by atomic mass is 19.1. The highest BCUT2D eigenvalue weighted by molar-refractivity contribution is 5.89. The fourth-order valence-corrected chi connectivity index (χ4v) is 2.34. The van der Waals surface area contributed by atoms with Crippen molar-refractivity contribution in [1.82, 2.24) is 9.88 Å². The van der Waals surface area contributed by atoms with Crippen molar-refractivity contribution in [2.75, 3.05) is 32.8 Å². The number of carbonyl (C=O) groups excluding carboxylic acids is 1. The van der Waals surface area contributed by atoms with Crippen LogP contribution < -0.4 is 0 Å². The highest BCUT2D eigenvalue weighted by Crippen LogP contribution is 2.10. The van der Waals surface area contributed by atoms with Crippen LogP contribution in [0.2, 0.25) is 0 Å². The van der Waals surface area contributed by atoms with E-state index in [1.54, 1.807) is 0 Å². The molecular weight excluding hydrogens is 275 g/mol. The minimum absolute atomic E-state index is 0.131. The number of nitrogens with zero attached hydrogens (tertiary/aromatic N) is 2. The summed E-state index contributed by atoms with van der Waals surface area (Å²) in [5.41, 5.74) is 0.164. The Kier molecular flexibility index (Phi) is 5.64. The van der Waals surface area contributed by atoms with Gasteiger partial charge in [-0.05, 0) is 12.0 Å². The summed E-state index contributed by atoms with van der Waals surface area (Å²) < 4.78 is 23.7. The molecule has 1 aromatic rings. The Hall–Kier alpha value is -1.53. The molecule has 116 valence electrons. The van der Waals surface area contributed by atoms with Crippen LogP contribution in [0.3, 0.4) is 0 Å². The number of ether oxygens (including phenoxy) is 2. The monoisotopic (exact) mass is 296 g/mol. The molecule has 1 atom stereocenters. The Bertz CT molecular complexity index is 482. The second-order valence-electron chi connectivity index (χ2n) is 5.61. The lowest BCUT2D eigenvalue weighted by atomic mass is 10.2. The number of morpholine rings is 1. The molecule has 0 spiro atoms. The van der Waals surface area contributed by atoms with E-state index in [1.807, 2.05) is 0 Å². The van der Waals surface area contributed by atoms with Crippen LogP contribution in [-0.4, -0.2) is 54.8 Å². The van der Waals surface area contributed by atoms with Crippen LogP contribution in [-0.2, 0) is 9.47 Å². The van der Waals surface area contributed by atoms with E-state index in [0.29, 0.717) is 12.5 Å². The molecule has 1 saturated heterocycles. The molecule has 0 unspecified atom stereocenters. The molecule has 0 N–H and O–H groups in total. The van der Waals surface area contributed by atoms with Crippen molar-refractivity contribution in [2.45, 2.75) is 20.0 Å². The summed E-state index contributed by atoms with van der Waals surface area (Å²) in [4.78, 5) is 17.5. The van der Waals surface area contributed by atoms with Crippen LogP contribution in [0.15, 0.2) is 18.3 Å². The maximum absolute atomic E-state index is 12.9. The minimum Gasteiger partial charge on any atom is -0.459 e. The van der Waals surface area contributed by atoms with Crippen LogP contribution >= 0.6 is 0 Å². The first kappa shape index (κ1) is 15.9. The predicted octanol–water partition coefficient (Wildman–Crippen LogP) is 1.73. The number of esters is 1. The van der Waals surface area contributed by atoms with Crippen molar-refractivity contribution < 1.29 is 18.7 Å². The molecule has 6 heteroatoms. The van der Waals surface area contributed by atoms with Gasteiger partial charge in [-0.15, -0.1) is 0 Å². The van der Waals surface area contributed by atoms with Crippen molar-refractivity contribution in [3.8, 4) is 0 Å². The molecule has 21 heavy (non-hydrogen) atoms. The van der Waals surface area contributed by atoms with E-state index in [-0.39, 0.29) is 18.3 Å². The Balaban J connectivity index is 1.81. The molecule has 1 fully saturated rings. The third-order valence-corrected chi connectivity index (χ3v) is 3.21. The predicted molar refractivity (Wildman–Crippen MR) is 75.5 cm³/mol. The molecule has 0 aromatic carbocycles. The normalized spacial score (nSPS) is 19.7. The average molecular weight is 296 g/mol. The maximum Gasteiger partial charge on any atom is 0.338 e. The standard InChI is InChI=1S/C15H21FN2O3/c1-11(2)8-18-5-6-20-13(9-18)10-21-15(19)12-3-4-17-14(16)7-12/h3-4,7,11,13H,5-6,8-10H2,1-2H3/t13-/m0/s1. The topological polar surface area (TPSA) is 51.7 Å². The molecule has 5 nitrogen and oxygen atoms in total. The molecule has 0 radical (unpaired) electrons. The van der Waals surface area contributed by atoms with Gasteiger partial charge in [0.15, 0.2) is 0 Å². The lowest BCUT2D eigenvalue weighted by Crippen LogP contribution is -2.45. The summed E-state index contributed by atoms with van der Waals surface area (Å²) in [6, 6.07) is 2.49. The van der Waals surface area contributed by atoms with Gasteiger partial charge in [-0.25, -0.2) is 9.78 Å². The van der Waals surface area contributed by atoms with Gasteiger partial charge in [0, 0.05) is 31.9 Å². The van der Waals surface area contributed by atoms with Gasteiger partial charge in [0.1, 0.15) is 12.7 Å². The molecule has 0 amide bonds. The first-order valence-corrected chi connectivity index (χ1v) is 7.17. The first-order valence-electron chi connectivity index (χ1n) is 7.17. The van der Waals surface area contributed by atoms with Gasteiger partial charge < -0.3 is 9.47 Å². The van der Waals surface area contributed by atoms with E-state index >= 15 is 0 Å². The number of pyridine rings is 1. The Labute approximate surface area is 124 Å². The summed E-state index contributed by atoms with van der Waals surface area (Å²) in [5, 5.41) is 0. The quantitative estimate of drug-likeness (QED) is 0.612. The van der Waals surface area contributed by atoms with E-state index in [2.05, 4.69) is 23.7 Å². The van der Waals surface area contributed by atoms with Crippen LogP contribution in [0.25, 0.3) is 0 Å². The third-order valence-electron chi connectivity index (χ3n) is 3.21. The Morgan fingerprint density at radius 2 is 2.43 bits per heavy atom. The van der Waals surface area contributed by atoms with Crippen LogP contribution in [0.4, 0.5) is 4.39 Å². The molecule has 2 rings (SSSR count). The van der Waals surface area contributed by atoms with Gasteiger partial charge in [-0.3, -0.25) is 4.90 Å². The van der Waals surface area contributed by atoms with E-state index in [4.69, 9.17) is 9.47 Å². The van der Waals surface area contributed by atoms with Crippen molar-refractivity contribution in [3.63, 3.8) is 0 Å². The van der Waals surface area contributed by atoms with Gasteiger partial charge >= 0.3 is 5.97 Å². The molecule has 0 saturated carbocycles. The van der Waals surface area contributed by atoms with E-state index in [9.17, 15) is 9.18 Å². The third kappa shape index (κ3) is 5.06. The average Bonchev–Trinajstić information content (AvgIpc) is 2.44. The smallest absolute Gasteiger partial charge is 0.338 e. The zero-order valence-electron chi connectivity index (χ0n) is 12.4. The van der Waals surface area contributed by atoms with E-state index in [1.165, 1.54) is 12.3 Å². The van der Waals surface area contributed by atoms with E-state index < -0.39 is 11.9 Å². The summed E-state index contributed by atoms with van der Waals surface area (Å²) in [5.74, 6) is -0.659. The Morgan fingerprint density at radius 3 is 3.14 bits per heavy atom. The molecule has 1 aliphatic heterocycles. The molecular formula is C15H21FN2O3. The molecule has 0 bridgehead atoms.